The molecule has 0 radical (unpaired) electrons. The molecule has 0 fully saturated rings. The van der Waals surface area contributed by atoms with Crippen molar-refractivity contribution in [2.75, 3.05) is 0 Å². The van der Waals surface area contributed by atoms with Gasteiger partial charge in [-0.05, 0) is 12.3 Å². The fourth-order valence-electron chi connectivity index (χ4n) is 1.08. The van der Waals surface area contributed by atoms with Crippen molar-refractivity contribution in [1.82, 2.24) is 0 Å². The molecule has 0 aromatic carbocycles. The molecule has 0 saturated carbocycles. The Bertz CT molecular complexity index is 175. The van der Waals surface area contributed by atoms with Crippen LogP contribution in [0.15, 0.2) is 16.8 Å². The molecule has 1 nitrogen and oxygen atoms in total. The molecule has 0 aromatic rings. The Labute approximate surface area is 76.6 Å². The van der Waals surface area contributed by atoms with Crippen molar-refractivity contribution >= 4 is 5.71 Å². The van der Waals surface area contributed by atoms with Crippen LogP contribution in [-0.2, 0) is 0 Å². The van der Waals surface area contributed by atoms with Crippen molar-refractivity contribution in [2.45, 2.75) is 47.5 Å². The average Bonchev–Trinajstić information content (AvgIpc) is 2.55. The zero-order valence-corrected chi connectivity index (χ0v) is 9.02. The summed E-state index contributed by atoms with van der Waals surface area (Å²) in [6, 6.07) is 0. The van der Waals surface area contributed by atoms with Crippen LogP contribution >= 0.6 is 0 Å². The third kappa shape index (κ3) is 3.21. The molecule has 1 aliphatic heterocycles. The summed E-state index contributed by atoms with van der Waals surface area (Å²) < 4.78 is 0. The molecule has 0 N–H and O–H groups in total. The second kappa shape index (κ2) is 5.99. The van der Waals surface area contributed by atoms with Gasteiger partial charge in [-0.1, -0.05) is 40.7 Å². The standard InChI is InChI=1S/C9H15N.C2H6/c1-4-8-5-6-9(10-8)7(2)3;1-2/h6-7H,4-5H2,1-3H3;1-2H3. The maximum atomic E-state index is 4.48. The minimum absolute atomic E-state index is 0.601. The maximum absolute atomic E-state index is 4.48. The van der Waals surface area contributed by atoms with E-state index in [2.05, 4.69) is 31.8 Å². The Hall–Kier alpha value is -0.590. The molecule has 0 amide bonds. The van der Waals surface area contributed by atoms with E-state index >= 15 is 0 Å². The van der Waals surface area contributed by atoms with Crippen LogP contribution in [0.4, 0.5) is 0 Å². The SMILES string of the molecule is CC.CCC1=NC(C(C)C)=CC1. The lowest BCUT2D eigenvalue weighted by Crippen LogP contribution is -1.90. The van der Waals surface area contributed by atoms with E-state index in [1.165, 1.54) is 11.4 Å². The van der Waals surface area contributed by atoms with E-state index < -0.39 is 0 Å². The lowest BCUT2D eigenvalue weighted by Gasteiger charge is -2.00. The van der Waals surface area contributed by atoms with Crippen molar-refractivity contribution in [3.05, 3.63) is 11.8 Å². The van der Waals surface area contributed by atoms with Crippen molar-refractivity contribution < 1.29 is 0 Å². The highest BCUT2D eigenvalue weighted by Crippen LogP contribution is 2.19. The fourth-order valence-corrected chi connectivity index (χ4v) is 1.08. The second-order valence-corrected chi connectivity index (χ2v) is 3.02. The highest BCUT2D eigenvalue weighted by molar-refractivity contribution is 5.88. The predicted octanol–water partition coefficient (Wildman–Crippen LogP) is 3.81. The first kappa shape index (κ1) is 11.4. The highest BCUT2D eigenvalue weighted by atomic mass is 14.8. The summed E-state index contributed by atoms with van der Waals surface area (Å²) in [5.74, 6) is 0.601. The van der Waals surface area contributed by atoms with E-state index in [-0.39, 0.29) is 0 Å². The summed E-state index contributed by atoms with van der Waals surface area (Å²) in [4.78, 5) is 4.48. The van der Waals surface area contributed by atoms with Crippen LogP contribution in [0, 0.1) is 5.92 Å². The number of allylic oxidation sites excluding steroid dienone is 2. The summed E-state index contributed by atoms with van der Waals surface area (Å²) in [5.41, 5.74) is 2.61. The third-order valence-corrected chi connectivity index (χ3v) is 1.83. The van der Waals surface area contributed by atoms with Gasteiger partial charge < -0.3 is 0 Å². The lowest BCUT2D eigenvalue weighted by molar-refractivity contribution is 0.761. The van der Waals surface area contributed by atoms with Crippen molar-refractivity contribution in [3.8, 4) is 0 Å². The summed E-state index contributed by atoms with van der Waals surface area (Å²) in [5, 5.41) is 0. The first-order valence-electron chi connectivity index (χ1n) is 5.00. The zero-order valence-electron chi connectivity index (χ0n) is 9.02. The van der Waals surface area contributed by atoms with E-state index in [1.807, 2.05) is 13.8 Å². The zero-order chi connectivity index (χ0) is 9.56. The van der Waals surface area contributed by atoms with Crippen LogP contribution in [0.1, 0.15) is 47.5 Å². The molecule has 1 heteroatoms. The van der Waals surface area contributed by atoms with Crippen molar-refractivity contribution in [2.24, 2.45) is 10.9 Å². The van der Waals surface area contributed by atoms with Gasteiger partial charge in [-0.25, -0.2) is 0 Å². The van der Waals surface area contributed by atoms with Gasteiger partial charge in [0.25, 0.3) is 0 Å². The van der Waals surface area contributed by atoms with Gasteiger partial charge in [-0.3, -0.25) is 4.99 Å². The van der Waals surface area contributed by atoms with E-state index in [0.29, 0.717) is 5.92 Å². The van der Waals surface area contributed by atoms with Crippen molar-refractivity contribution in [1.29, 1.82) is 0 Å². The second-order valence-electron chi connectivity index (χ2n) is 3.02. The topological polar surface area (TPSA) is 12.4 Å². The number of aliphatic imine (C=N–C) groups is 1. The first-order valence-corrected chi connectivity index (χ1v) is 5.00. The molecule has 1 heterocycles. The predicted molar refractivity (Wildman–Crippen MR) is 56.6 cm³/mol. The molecule has 12 heavy (non-hydrogen) atoms. The van der Waals surface area contributed by atoms with Gasteiger partial charge in [0, 0.05) is 17.8 Å². The lowest BCUT2D eigenvalue weighted by atomic mass is 10.1. The third-order valence-electron chi connectivity index (χ3n) is 1.83. The smallest absolute Gasteiger partial charge is 0.0392 e. The minimum atomic E-state index is 0.601. The van der Waals surface area contributed by atoms with Gasteiger partial charge in [0.1, 0.15) is 0 Å². The number of hydrogen-bond acceptors (Lipinski definition) is 1. The van der Waals surface area contributed by atoms with Gasteiger partial charge in [-0.15, -0.1) is 0 Å². The normalized spacial score (nSPS) is 15.2. The molecule has 0 spiro atoms. The summed E-state index contributed by atoms with van der Waals surface area (Å²) in [6.45, 7) is 10.5. The van der Waals surface area contributed by atoms with Gasteiger partial charge in [0.15, 0.2) is 0 Å². The quantitative estimate of drug-likeness (QED) is 0.593. The van der Waals surface area contributed by atoms with E-state index in [1.54, 1.807) is 0 Å². The monoisotopic (exact) mass is 167 g/mol. The number of nitrogens with zero attached hydrogens (tertiary/aromatic N) is 1. The van der Waals surface area contributed by atoms with Crippen LogP contribution in [-0.4, -0.2) is 5.71 Å². The Balaban J connectivity index is 0.000000561. The summed E-state index contributed by atoms with van der Waals surface area (Å²) in [7, 11) is 0. The Kier molecular flexibility index (Phi) is 5.69. The molecule has 70 valence electrons. The van der Waals surface area contributed by atoms with Crippen LogP contribution in [0.2, 0.25) is 0 Å². The maximum Gasteiger partial charge on any atom is 0.0392 e. The van der Waals surface area contributed by atoms with Crippen LogP contribution in [0.25, 0.3) is 0 Å². The fraction of sp³-hybridized carbons (Fsp3) is 0.727. The first-order chi connectivity index (χ1) is 5.74. The van der Waals surface area contributed by atoms with Gasteiger partial charge in [-0.2, -0.15) is 0 Å². The molecule has 0 unspecified atom stereocenters. The Morgan fingerprint density at radius 2 is 2.00 bits per heavy atom. The molecule has 1 rings (SSSR count). The molecule has 1 aliphatic rings. The number of hydrogen-bond donors (Lipinski definition) is 0. The summed E-state index contributed by atoms with van der Waals surface area (Å²) in [6.07, 6.45) is 4.43. The minimum Gasteiger partial charge on any atom is -0.262 e. The molecular formula is C11H21N. The van der Waals surface area contributed by atoms with E-state index in [4.69, 9.17) is 0 Å². The van der Waals surface area contributed by atoms with E-state index in [0.717, 1.165) is 12.8 Å². The largest absolute Gasteiger partial charge is 0.262 e. The molecule has 0 bridgehead atoms. The van der Waals surface area contributed by atoms with Crippen LogP contribution in [0.3, 0.4) is 0 Å². The molecule has 0 saturated heterocycles. The van der Waals surface area contributed by atoms with E-state index in [9.17, 15) is 0 Å². The van der Waals surface area contributed by atoms with Gasteiger partial charge in [0.05, 0.1) is 0 Å². The molecular weight excluding hydrogens is 146 g/mol. The van der Waals surface area contributed by atoms with Crippen LogP contribution in [0.5, 0.6) is 0 Å². The summed E-state index contributed by atoms with van der Waals surface area (Å²) >= 11 is 0. The van der Waals surface area contributed by atoms with Crippen molar-refractivity contribution in [3.63, 3.8) is 0 Å². The van der Waals surface area contributed by atoms with Gasteiger partial charge in [0.2, 0.25) is 0 Å². The Morgan fingerprint density at radius 3 is 2.25 bits per heavy atom. The van der Waals surface area contributed by atoms with Crippen LogP contribution < -0.4 is 0 Å². The average molecular weight is 167 g/mol. The molecule has 0 aromatic heterocycles. The molecule has 0 atom stereocenters. The molecule has 0 aliphatic carbocycles. The van der Waals surface area contributed by atoms with Gasteiger partial charge >= 0.3 is 0 Å². The Morgan fingerprint density at radius 1 is 1.42 bits per heavy atom. The number of rotatable bonds is 2. The highest BCUT2D eigenvalue weighted by Gasteiger charge is 2.08.